The fourth-order valence-electron chi connectivity index (χ4n) is 1.51. The van der Waals surface area contributed by atoms with Crippen LogP contribution in [0.15, 0.2) is 53.3 Å². The number of rotatable bonds is 3. The van der Waals surface area contributed by atoms with Gasteiger partial charge in [0.1, 0.15) is 5.82 Å². The molecule has 0 N–H and O–H groups in total. The number of halogens is 2. The number of Topliss-reactive ketones (excluding diaryl/α,β-unsaturated/α-hetero) is 1. The Kier molecular flexibility index (Phi) is 3.64. The Morgan fingerprint density at radius 2 is 1.94 bits per heavy atom. The van der Waals surface area contributed by atoms with E-state index in [-0.39, 0.29) is 18.1 Å². The van der Waals surface area contributed by atoms with Crippen molar-refractivity contribution in [1.82, 2.24) is 0 Å². The number of nitrogens with zero attached hydrogens (tertiary/aromatic N) is 1. The number of carbonyl (C=O) groups excluding carboxylic acids is 1. The van der Waals surface area contributed by atoms with Crippen LogP contribution in [-0.2, 0) is 6.54 Å². The third-order valence-corrected chi connectivity index (χ3v) is 2.99. The smallest absolute Gasteiger partial charge is 0.228 e. The molecule has 2 nitrogen and oxygen atoms in total. The van der Waals surface area contributed by atoms with Gasteiger partial charge in [0.15, 0.2) is 12.4 Å². The maximum Gasteiger partial charge on any atom is 0.228 e. The van der Waals surface area contributed by atoms with E-state index in [1.54, 1.807) is 4.57 Å². The second-order valence-electron chi connectivity index (χ2n) is 3.60. The van der Waals surface area contributed by atoms with Gasteiger partial charge in [0.25, 0.3) is 0 Å². The molecule has 0 spiro atoms. The molecule has 0 bridgehead atoms. The first-order chi connectivity index (χ1) is 8.16. The largest absolute Gasteiger partial charge is 0.287 e. The molecule has 0 radical (unpaired) electrons. The zero-order chi connectivity index (χ0) is 12.3. The minimum Gasteiger partial charge on any atom is -0.287 e. The molecule has 0 atom stereocenters. The summed E-state index contributed by atoms with van der Waals surface area (Å²) >= 11 is 3.19. The lowest BCUT2D eigenvalue weighted by Gasteiger charge is -2.01. The average Bonchev–Trinajstić information content (AvgIpc) is 2.30. The normalized spacial score (nSPS) is 10.2. The number of aromatic nitrogens is 1. The number of hydrogen-bond acceptors (Lipinski definition) is 1. The van der Waals surface area contributed by atoms with Crippen LogP contribution in [0.3, 0.4) is 0 Å². The topological polar surface area (TPSA) is 20.9 Å². The quantitative estimate of drug-likeness (QED) is 0.630. The van der Waals surface area contributed by atoms with E-state index < -0.39 is 0 Å². The van der Waals surface area contributed by atoms with E-state index in [1.807, 2.05) is 30.6 Å². The summed E-state index contributed by atoms with van der Waals surface area (Å²) in [6.07, 6.45) is 3.63. The van der Waals surface area contributed by atoms with E-state index in [9.17, 15) is 9.18 Å². The molecule has 0 aliphatic carbocycles. The predicted octanol–water partition coefficient (Wildman–Crippen LogP) is 2.76. The highest BCUT2D eigenvalue weighted by Gasteiger charge is 2.14. The highest BCUT2D eigenvalue weighted by Crippen LogP contribution is 2.18. The lowest BCUT2D eigenvalue weighted by atomic mass is 10.1. The Labute approximate surface area is 107 Å². The van der Waals surface area contributed by atoms with Crippen molar-refractivity contribution in [3.05, 3.63) is 64.6 Å². The van der Waals surface area contributed by atoms with Crippen LogP contribution < -0.4 is 4.57 Å². The first kappa shape index (κ1) is 11.9. The molecule has 0 aliphatic heterocycles. The minimum atomic E-state index is -0.360. The molecule has 4 heteroatoms. The Bertz CT molecular complexity index is 542. The number of ketones is 1. The average molecular weight is 295 g/mol. The van der Waals surface area contributed by atoms with Gasteiger partial charge in [0.05, 0.1) is 0 Å². The molecule has 0 saturated heterocycles. The molecule has 0 fully saturated rings. The molecule has 17 heavy (non-hydrogen) atoms. The predicted molar refractivity (Wildman–Crippen MR) is 65.1 cm³/mol. The van der Waals surface area contributed by atoms with Gasteiger partial charge in [-0.25, -0.2) is 4.39 Å². The summed E-state index contributed by atoms with van der Waals surface area (Å²) in [5, 5.41) is 0. The van der Waals surface area contributed by atoms with Crippen LogP contribution in [0.25, 0.3) is 0 Å². The number of carbonyl (C=O) groups is 1. The van der Waals surface area contributed by atoms with E-state index in [1.165, 1.54) is 18.2 Å². The second-order valence-corrected chi connectivity index (χ2v) is 4.45. The molecule has 0 unspecified atom stereocenters. The summed E-state index contributed by atoms with van der Waals surface area (Å²) in [6.45, 7) is 0.241. The van der Waals surface area contributed by atoms with E-state index in [0.717, 1.165) is 0 Å². The van der Waals surface area contributed by atoms with Crippen LogP contribution in [0, 0.1) is 5.82 Å². The fourth-order valence-corrected chi connectivity index (χ4v) is 2.08. The maximum atomic E-state index is 12.9. The van der Waals surface area contributed by atoms with Gasteiger partial charge in [-0.15, -0.1) is 0 Å². The van der Waals surface area contributed by atoms with Gasteiger partial charge < -0.3 is 0 Å². The van der Waals surface area contributed by atoms with Crippen LogP contribution in [0.2, 0.25) is 0 Å². The number of pyridine rings is 1. The minimum absolute atomic E-state index is 0.0620. The van der Waals surface area contributed by atoms with E-state index >= 15 is 0 Å². The molecule has 0 amide bonds. The van der Waals surface area contributed by atoms with Gasteiger partial charge in [-0.1, -0.05) is 6.07 Å². The molecular formula is C13H10BrFNO+. The summed E-state index contributed by atoms with van der Waals surface area (Å²) in [4.78, 5) is 12.0. The third kappa shape index (κ3) is 2.97. The van der Waals surface area contributed by atoms with E-state index in [4.69, 9.17) is 0 Å². The van der Waals surface area contributed by atoms with Crippen LogP contribution in [0.1, 0.15) is 10.4 Å². The highest BCUT2D eigenvalue weighted by molar-refractivity contribution is 9.10. The van der Waals surface area contributed by atoms with Gasteiger partial charge in [-0.2, -0.15) is 4.57 Å². The van der Waals surface area contributed by atoms with Crippen molar-refractivity contribution >= 4 is 21.7 Å². The Morgan fingerprint density at radius 3 is 2.59 bits per heavy atom. The van der Waals surface area contributed by atoms with E-state index in [0.29, 0.717) is 10.0 Å². The number of hydrogen-bond donors (Lipinski definition) is 0. The third-order valence-electron chi connectivity index (χ3n) is 2.34. The van der Waals surface area contributed by atoms with Gasteiger partial charge in [-0.05, 0) is 34.1 Å². The standard InChI is InChI=1S/C13H10BrFNO/c14-12-8-10(15)4-5-11(12)13(17)9-16-6-2-1-3-7-16/h1-8H,9H2/q+1. The van der Waals surface area contributed by atoms with Gasteiger partial charge in [0, 0.05) is 22.2 Å². The molecule has 2 rings (SSSR count). The first-order valence-corrected chi connectivity index (χ1v) is 5.88. The van der Waals surface area contributed by atoms with Crippen LogP contribution in [0.4, 0.5) is 4.39 Å². The Balaban J connectivity index is 2.21. The van der Waals surface area contributed by atoms with Crippen molar-refractivity contribution in [1.29, 1.82) is 0 Å². The van der Waals surface area contributed by atoms with Crippen molar-refractivity contribution in [3.8, 4) is 0 Å². The van der Waals surface area contributed by atoms with Crippen molar-refractivity contribution in [2.24, 2.45) is 0 Å². The van der Waals surface area contributed by atoms with Crippen molar-refractivity contribution < 1.29 is 13.8 Å². The molecule has 1 aromatic carbocycles. The number of benzene rings is 1. The molecule has 86 valence electrons. The molecule has 1 heterocycles. The summed E-state index contributed by atoms with van der Waals surface area (Å²) < 4.78 is 15.2. The summed E-state index contributed by atoms with van der Waals surface area (Å²) in [6, 6.07) is 9.66. The molecule has 1 aromatic heterocycles. The van der Waals surface area contributed by atoms with Crippen molar-refractivity contribution in [2.45, 2.75) is 6.54 Å². The van der Waals surface area contributed by atoms with Gasteiger partial charge >= 0.3 is 0 Å². The van der Waals surface area contributed by atoms with Crippen molar-refractivity contribution in [2.75, 3.05) is 0 Å². The summed E-state index contributed by atoms with van der Waals surface area (Å²) in [5.74, 6) is -0.422. The fraction of sp³-hybridized carbons (Fsp3) is 0.0769. The van der Waals surface area contributed by atoms with Crippen molar-refractivity contribution in [3.63, 3.8) is 0 Å². The molecule has 0 aliphatic rings. The first-order valence-electron chi connectivity index (χ1n) is 5.09. The maximum absolute atomic E-state index is 12.9. The Hall–Kier alpha value is -1.55. The summed E-state index contributed by atoms with van der Waals surface area (Å²) in [7, 11) is 0. The Morgan fingerprint density at radius 1 is 1.24 bits per heavy atom. The van der Waals surface area contributed by atoms with E-state index in [2.05, 4.69) is 15.9 Å². The summed E-state index contributed by atoms with van der Waals surface area (Å²) in [5.41, 5.74) is 0.489. The van der Waals surface area contributed by atoms with Gasteiger partial charge in [0.2, 0.25) is 12.3 Å². The van der Waals surface area contributed by atoms with Crippen LogP contribution >= 0.6 is 15.9 Å². The molecule has 2 aromatic rings. The highest BCUT2D eigenvalue weighted by atomic mass is 79.9. The van der Waals surface area contributed by atoms with Crippen LogP contribution in [-0.4, -0.2) is 5.78 Å². The molecule has 0 saturated carbocycles. The monoisotopic (exact) mass is 294 g/mol. The molecular weight excluding hydrogens is 285 g/mol. The van der Waals surface area contributed by atoms with Gasteiger partial charge in [-0.3, -0.25) is 4.79 Å². The second kappa shape index (κ2) is 5.19. The van der Waals surface area contributed by atoms with Crippen LogP contribution in [0.5, 0.6) is 0 Å². The SMILES string of the molecule is O=C(C[n+]1ccccc1)c1ccc(F)cc1Br. The lowest BCUT2D eigenvalue weighted by molar-refractivity contribution is -0.683. The lowest BCUT2D eigenvalue weighted by Crippen LogP contribution is -2.36. The zero-order valence-electron chi connectivity index (χ0n) is 8.94. The zero-order valence-corrected chi connectivity index (χ0v) is 10.5.